The van der Waals surface area contributed by atoms with Gasteiger partial charge in [-0.1, -0.05) is 0 Å². The van der Waals surface area contributed by atoms with Gasteiger partial charge in [0.1, 0.15) is 24.4 Å². The van der Waals surface area contributed by atoms with E-state index in [0.717, 1.165) is 0 Å². The minimum atomic E-state index is -1.74. The summed E-state index contributed by atoms with van der Waals surface area (Å²) in [5, 5.41) is 101. The van der Waals surface area contributed by atoms with Crippen LogP contribution in [0.5, 0.6) is 0 Å². The van der Waals surface area contributed by atoms with E-state index in [0.29, 0.717) is 0 Å². The number of carbonyl (C=O) groups is 4. The van der Waals surface area contributed by atoms with Crippen LogP contribution in [0.25, 0.3) is 0 Å². The standard InChI is InChI=1S/4C3H6O4.C/c4*4-1-2(5)3(6)7;/h4*2,4-5H,1H2,(H,6,7);/q;;;;+4/p-4. The normalized spacial score (nSPS) is 13.0. The molecular formula is C13H20O16. The van der Waals surface area contributed by atoms with Crippen molar-refractivity contribution in [3.05, 3.63) is 7.43 Å². The summed E-state index contributed by atoms with van der Waals surface area (Å²) in [6.45, 7) is -3.16. The van der Waals surface area contributed by atoms with Crippen LogP contribution in [0.1, 0.15) is 0 Å². The zero-order valence-corrected chi connectivity index (χ0v) is 14.5. The summed E-state index contributed by atoms with van der Waals surface area (Å²) in [7, 11) is 0. The van der Waals surface area contributed by atoms with E-state index in [4.69, 9.17) is 40.9 Å². The van der Waals surface area contributed by atoms with Crippen molar-refractivity contribution in [1.82, 2.24) is 0 Å². The Balaban J connectivity index is -0.0000000873. The Labute approximate surface area is 163 Å². The summed E-state index contributed by atoms with van der Waals surface area (Å²) in [6, 6.07) is 0. The van der Waals surface area contributed by atoms with Crippen LogP contribution in [0, 0.1) is 7.43 Å². The number of carboxylic acids is 4. The molecule has 0 aliphatic rings. The largest absolute Gasteiger partial charge is 4.00 e. The van der Waals surface area contributed by atoms with Gasteiger partial charge in [-0.05, 0) is 0 Å². The second-order valence-electron chi connectivity index (χ2n) is 4.07. The molecule has 0 spiro atoms. The topological polar surface area (TPSA) is 322 Å². The third-order valence-electron chi connectivity index (χ3n) is 1.78. The van der Waals surface area contributed by atoms with Crippen LogP contribution in [0.15, 0.2) is 0 Å². The van der Waals surface area contributed by atoms with Crippen LogP contribution in [-0.4, -0.2) is 116 Å². The maximum absolute atomic E-state index is 9.41. The molecule has 0 aliphatic carbocycles. The molecular weight excluding hydrogens is 412 g/mol. The first-order valence-corrected chi connectivity index (χ1v) is 6.72. The number of hydrogen-bond acceptors (Lipinski definition) is 16. The monoisotopic (exact) mass is 432 g/mol. The summed E-state index contributed by atoms with van der Waals surface area (Å²) in [5.74, 6) is -6.60. The number of aliphatic carboxylic acids is 4. The van der Waals surface area contributed by atoms with Crippen LogP contribution in [-0.2, 0) is 19.2 Å². The molecule has 0 saturated heterocycles. The Bertz CT molecular complexity index is 359. The van der Waals surface area contributed by atoms with E-state index in [9.17, 15) is 39.6 Å². The molecule has 8 N–H and O–H groups in total. The number of aliphatic hydroxyl groups is 8. The molecule has 0 amide bonds. The summed E-state index contributed by atoms with van der Waals surface area (Å²) >= 11 is 0. The molecule has 16 nitrogen and oxygen atoms in total. The summed E-state index contributed by atoms with van der Waals surface area (Å²) < 4.78 is 0. The molecule has 4 atom stereocenters. The molecule has 0 heterocycles. The van der Waals surface area contributed by atoms with Crippen LogP contribution >= 0.6 is 0 Å². The molecule has 0 aromatic carbocycles. The van der Waals surface area contributed by atoms with E-state index < -0.39 is 74.7 Å². The molecule has 0 aromatic rings. The first-order valence-electron chi connectivity index (χ1n) is 6.72. The van der Waals surface area contributed by atoms with Crippen LogP contribution in [0.3, 0.4) is 0 Å². The van der Waals surface area contributed by atoms with Crippen molar-refractivity contribution >= 4 is 23.9 Å². The van der Waals surface area contributed by atoms with Crippen molar-refractivity contribution in [3.8, 4) is 0 Å². The third-order valence-corrected chi connectivity index (χ3v) is 1.78. The zero-order valence-electron chi connectivity index (χ0n) is 14.5. The predicted molar refractivity (Wildman–Crippen MR) is 75.6 cm³/mol. The summed E-state index contributed by atoms with van der Waals surface area (Å²) in [4.78, 5) is 37.6. The van der Waals surface area contributed by atoms with Crippen molar-refractivity contribution in [2.75, 3.05) is 26.4 Å². The van der Waals surface area contributed by atoms with Gasteiger partial charge in [0.05, 0.1) is 50.3 Å². The average Bonchev–Trinajstić information content (AvgIpc) is 2.66. The fraction of sp³-hybridized carbons (Fsp3) is 0.615. The third kappa shape index (κ3) is 30.5. The van der Waals surface area contributed by atoms with Crippen LogP contribution in [0.4, 0.5) is 0 Å². The first-order chi connectivity index (χ1) is 12.7. The Morgan fingerprint density at radius 2 is 0.586 bits per heavy atom. The number of aliphatic hydroxyl groups excluding tert-OH is 8. The number of carbonyl (C=O) groups excluding carboxylic acids is 4. The van der Waals surface area contributed by atoms with Gasteiger partial charge in [-0.2, -0.15) is 0 Å². The van der Waals surface area contributed by atoms with Gasteiger partial charge in [0.25, 0.3) is 0 Å². The van der Waals surface area contributed by atoms with Crippen molar-refractivity contribution in [3.63, 3.8) is 0 Å². The fourth-order valence-corrected chi connectivity index (χ4v) is 0.298. The Hall–Kier alpha value is -2.44. The molecule has 16 heteroatoms. The molecule has 0 rings (SSSR count). The average molecular weight is 432 g/mol. The van der Waals surface area contributed by atoms with E-state index in [1.807, 2.05) is 0 Å². The van der Waals surface area contributed by atoms with Gasteiger partial charge in [-0.15, -0.1) is 0 Å². The quantitative estimate of drug-likeness (QED) is 0.176. The van der Waals surface area contributed by atoms with E-state index in [1.165, 1.54) is 0 Å². The molecule has 0 aliphatic heterocycles. The Kier molecular flexibility index (Phi) is 30.4. The number of carboxylic acid groups (broad SMARTS) is 4. The zero-order chi connectivity index (χ0) is 23.4. The molecule has 0 saturated carbocycles. The second-order valence-corrected chi connectivity index (χ2v) is 4.07. The smallest absolute Gasteiger partial charge is 0.547 e. The van der Waals surface area contributed by atoms with E-state index >= 15 is 0 Å². The van der Waals surface area contributed by atoms with Gasteiger partial charge in [-0.25, -0.2) is 0 Å². The van der Waals surface area contributed by atoms with Gasteiger partial charge in [0, 0.05) is 0 Å². The van der Waals surface area contributed by atoms with E-state index in [2.05, 4.69) is 0 Å². The van der Waals surface area contributed by atoms with Crippen molar-refractivity contribution in [2.24, 2.45) is 0 Å². The first kappa shape index (κ1) is 37.3. The maximum atomic E-state index is 9.41. The Morgan fingerprint density at radius 1 is 0.483 bits per heavy atom. The summed E-state index contributed by atoms with van der Waals surface area (Å²) in [5.41, 5.74) is 0. The number of hydrogen-bond donors (Lipinski definition) is 8. The van der Waals surface area contributed by atoms with Crippen molar-refractivity contribution in [1.29, 1.82) is 0 Å². The minimum Gasteiger partial charge on any atom is -0.547 e. The Morgan fingerprint density at radius 3 is 0.586 bits per heavy atom. The van der Waals surface area contributed by atoms with E-state index in [-0.39, 0.29) is 7.43 Å². The molecule has 0 aromatic heterocycles. The van der Waals surface area contributed by atoms with Gasteiger partial charge in [-0.3, -0.25) is 0 Å². The number of rotatable bonds is 8. The molecule has 0 bridgehead atoms. The SMILES string of the molecule is O=C([O-])C(O)CO.O=C([O-])C(O)CO.O=C([O-])C(O)CO.O=C([O-])C(O)CO.[C+4]. The minimum absolute atomic E-state index is 0. The van der Waals surface area contributed by atoms with Crippen molar-refractivity contribution in [2.45, 2.75) is 24.4 Å². The van der Waals surface area contributed by atoms with Crippen molar-refractivity contribution < 1.29 is 80.5 Å². The van der Waals surface area contributed by atoms with Gasteiger partial charge < -0.3 is 80.5 Å². The fourth-order valence-electron chi connectivity index (χ4n) is 0.298. The molecule has 168 valence electrons. The maximum Gasteiger partial charge on any atom is 4.00 e. The van der Waals surface area contributed by atoms with Gasteiger partial charge in [0.2, 0.25) is 0 Å². The molecule has 0 radical (unpaired) electrons. The molecule has 4 unspecified atom stereocenters. The second kappa shape index (κ2) is 23.6. The predicted octanol–water partition coefficient (Wildman–Crippen LogP) is -11.6. The van der Waals surface area contributed by atoms with Crippen LogP contribution < -0.4 is 20.4 Å². The van der Waals surface area contributed by atoms with Gasteiger partial charge in [0.15, 0.2) is 0 Å². The molecule has 0 fully saturated rings. The van der Waals surface area contributed by atoms with E-state index in [1.54, 1.807) is 0 Å². The van der Waals surface area contributed by atoms with Gasteiger partial charge >= 0.3 is 7.43 Å². The molecule has 29 heavy (non-hydrogen) atoms. The summed E-state index contributed by atoms with van der Waals surface area (Å²) in [6.07, 6.45) is -6.94. The van der Waals surface area contributed by atoms with Crippen LogP contribution in [0.2, 0.25) is 0 Å².